The fraction of sp³-hybridized carbons (Fsp3) is 0.167. The van der Waals surface area contributed by atoms with E-state index in [9.17, 15) is 13.5 Å². The topological polar surface area (TPSA) is 79.5 Å². The van der Waals surface area contributed by atoms with E-state index in [4.69, 9.17) is 27.6 Å². The molecule has 1 aromatic carbocycles. The first-order chi connectivity index (χ1) is 9.45. The molecule has 0 aliphatic rings. The fourth-order valence-electron chi connectivity index (χ4n) is 1.66. The van der Waals surface area contributed by atoms with E-state index in [1.807, 2.05) is 0 Å². The molecule has 1 aromatic heterocycles. The van der Waals surface area contributed by atoms with Gasteiger partial charge in [-0.15, -0.1) is 0 Å². The van der Waals surface area contributed by atoms with Gasteiger partial charge < -0.3 is 9.52 Å². The summed E-state index contributed by atoms with van der Waals surface area (Å²) in [6.07, 6.45) is 1.38. The van der Waals surface area contributed by atoms with Crippen LogP contribution in [0, 0.1) is 0 Å². The van der Waals surface area contributed by atoms with E-state index in [2.05, 4.69) is 4.72 Å². The normalized spacial score (nSPS) is 13.3. The summed E-state index contributed by atoms with van der Waals surface area (Å²) in [5.41, 5.74) is 0. The van der Waals surface area contributed by atoms with E-state index < -0.39 is 22.7 Å². The zero-order chi connectivity index (χ0) is 14.8. The Balaban J connectivity index is 2.36. The van der Waals surface area contributed by atoms with Crippen LogP contribution >= 0.6 is 23.2 Å². The Labute approximate surface area is 126 Å². The first kappa shape index (κ1) is 15.3. The fourth-order valence-corrected chi connectivity index (χ4v) is 4.00. The average molecular weight is 336 g/mol. The van der Waals surface area contributed by atoms with Gasteiger partial charge in [-0.3, -0.25) is 0 Å². The first-order valence-corrected chi connectivity index (χ1v) is 7.80. The molecule has 0 fully saturated rings. The Morgan fingerprint density at radius 2 is 1.85 bits per heavy atom. The van der Waals surface area contributed by atoms with Crippen molar-refractivity contribution in [2.24, 2.45) is 0 Å². The summed E-state index contributed by atoms with van der Waals surface area (Å²) in [7, 11) is -3.99. The maximum absolute atomic E-state index is 12.3. The quantitative estimate of drug-likeness (QED) is 0.880. The molecule has 1 unspecified atom stereocenters. The lowest BCUT2D eigenvalue weighted by Gasteiger charge is -2.15. The van der Waals surface area contributed by atoms with E-state index in [-0.39, 0.29) is 14.9 Å². The predicted octanol–water partition coefficient (Wildman–Crippen LogP) is 2.60. The summed E-state index contributed by atoms with van der Waals surface area (Å²) >= 11 is 11.8. The number of aliphatic hydroxyl groups excluding tert-OH is 1. The molecule has 1 heterocycles. The number of sulfonamides is 1. The third-order valence-electron chi connectivity index (χ3n) is 2.55. The number of benzene rings is 1. The van der Waals surface area contributed by atoms with Crippen molar-refractivity contribution in [2.75, 3.05) is 6.61 Å². The van der Waals surface area contributed by atoms with E-state index >= 15 is 0 Å². The summed E-state index contributed by atoms with van der Waals surface area (Å²) in [5, 5.41) is 9.30. The molecule has 2 N–H and O–H groups in total. The molecule has 0 aliphatic heterocycles. The van der Waals surface area contributed by atoms with E-state index in [0.717, 1.165) is 0 Å². The van der Waals surface area contributed by atoms with E-state index in [1.165, 1.54) is 18.4 Å². The van der Waals surface area contributed by atoms with Crippen molar-refractivity contribution >= 4 is 33.2 Å². The predicted molar refractivity (Wildman–Crippen MR) is 75.3 cm³/mol. The third kappa shape index (κ3) is 3.16. The molecule has 2 aromatic rings. The van der Waals surface area contributed by atoms with Gasteiger partial charge in [-0.25, -0.2) is 8.42 Å². The van der Waals surface area contributed by atoms with Crippen molar-refractivity contribution in [3.8, 4) is 0 Å². The first-order valence-electron chi connectivity index (χ1n) is 5.56. The lowest BCUT2D eigenvalue weighted by atomic mass is 10.2. The van der Waals surface area contributed by atoms with Crippen LogP contribution in [0.4, 0.5) is 0 Å². The summed E-state index contributed by atoms with van der Waals surface area (Å²) < 4.78 is 32.0. The van der Waals surface area contributed by atoms with Gasteiger partial charge in [0.15, 0.2) is 0 Å². The van der Waals surface area contributed by atoms with Gasteiger partial charge in [-0.05, 0) is 24.3 Å². The molecule has 0 bridgehead atoms. The van der Waals surface area contributed by atoms with Crippen molar-refractivity contribution < 1.29 is 17.9 Å². The number of nitrogens with one attached hydrogen (secondary N) is 1. The average Bonchev–Trinajstić information content (AvgIpc) is 2.89. The number of hydrogen-bond donors (Lipinski definition) is 2. The molecule has 5 nitrogen and oxygen atoms in total. The highest BCUT2D eigenvalue weighted by molar-refractivity contribution is 7.89. The van der Waals surface area contributed by atoms with Crippen LogP contribution in [-0.2, 0) is 10.0 Å². The summed E-state index contributed by atoms with van der Waals surface area (Å²) in [5.74, 6) is 0.291. The van der Waals surface area contributed by atoms with Crippen molar-refractivity contribution in [3.05, 3.63) is 52.4 Å². The molecule has 0 saturated carbocycles. The Kier molecular flexibility index (Phi) is 4.72. The van der Waals surface area contributed by atoms with Crippen LogP contribution in [0.2, 0.25) is 10.0 Å². The van der Waals surface area contributed by atoms with Gasteiger partial charge >= 0.3 is 0 Å². The number of hydrogen-bond acceptors (Lipinski definition) is 4. The minimum Gasteiger partial charge on any atom is -0.468 e. The second-order valence-corrected chi connectivity index (χ2v) is 6.39. The number of rotatable bonds is 5. The summed E-state index contributed by atoms with van der Waals surface area (Å²) in [4.78, 5) is -0.228. The maximum atomic E-state index is 12.3. The molecule has 0 spiro atoms. The minimum absolute atomic E-state index is 0.00105. The highest BCUT2D eigenvalue weighted by Gasteiger charge is 2.26. The molecule has 8 heteroatoms. The highest BCUT2D eigenvalue weighted by atomic mass is 35.5. The third-order valence-corrected chi connectivity index (χ3v) is 4.98. The summed E-state index contributed by atoms with van der Waals surface area (Å²) in [6, 6.07) is 6.61. The zero-order valence-corrected chi connectivity index (χ0v) is 12.4. The molecular weight excluding hydrogens is 325 g/mol. The lowest BCUT2D eigenvalue weighted by Crippen LogP contribution is -2.31. The molecule has 0 radical (unpaired) electrons. The van der Waals surface area contributed by atoms with Gasteiger partial charge in [0.2, 0.25) is 10.0 Å². The lowest BCUT2D eigenvalue weighted by molar-refractivity contribution is 0.242. The Hall–Kier alpha value is -1.05. The van der Waals surface area contributed by atoms with Crippen LogP contribution in [0.15, 0.2) is 45.9 Å². The van der Waals surface area contributed by atoms with E-state index in [0.29, 0.717) is 5.76 Å². The Morgan fingerprint density at radius 1 is 1.20 bits per heavy atom. The van der Waals surface area contributed by atoms with E-state index in [1.54, 1.807) is 18.2 Å². The van der Waals surface area contributed by atoms with Crippen LogP contribution in [0.25, 0.3) is 0 Å². The van der Waals surface area contributed by atoms with Crippen molar-refractivity contribution in [2.45, 2.75) is 10.9 Å². The highest BCUT2D eigenvalue weighted by Crippen LogP contribution is 2.30. The van der Waals surface area contributed by atoms with Crippen molar-refractivity contribution in [1.29, 1.82) is 0 Å². The van der Waals surface area contributed by atoms with Gasteiger partial charge in [0, 0.05) is 0 Å². The molecule has 0 amide bonds. The van der Waals surface area contributed by atoms with Crippen LogP contribution in [0.3, 0.4) is 0 Å². The summed E-state index contributed by atoms with van der Waals surface area (Å²) in [6.45, 7) is -0.463. The van der Waals surface area contributed by atoms with Crippen LogP contribution in [0.5, 0.6) is 0 Å². The van der Waals surface area contributed by atoms with Crippen molar-refractivity contribution in [3.63, 3.8) is 0 Å². The second kappa shape index (κ2) is 6.15. The van der Waals surface area contributed by atoms with Gasteiger partial charge in [0.1, 0.15) is 16.7 Å². The smallest absolute Gasteiger partial charge is 0.244 e. The van der Waals surface area contributed by atoms with Gasteiger partial charge in [0.05, 0.1) is 22.9 Å². The number of furan rings is 1. The molecule has 0 aliphatic carbocycles. The SMILES string of the molecule is O=S(=O)(NC(CO)c1ccco1)c1c(Cl)cccc1Cl. The molecular formula is C12H11Cl2NO4S. The minimum atomic E-state index is -3.99. The monoisotopic (exact) mass is 335 g/mol. The van der Waals surface area contributed by atoms with Gasteiger partial charge in [0.25, 0.3) is 0 Å². The second-order valence-electron chi connectivity index (χ2n) is 3.92. The number of halogens is 2. The number of aliphatic hydroxyl groups is 1. The molecule has 108 valence electrons. The molecule has 20 heavy (non-hydrogen) atoms. The van der Waals surface area contributed by atoms with Gasteiger partial charge in [-0.1, -0.05) is 29.3 Å². The van der Waals surface area contributed by atoms with Crippen LogP contribution in [-0.4, -0.2) is 20.1 Å². The molecule has 2 rings (SSSR count). The standard InChI is InChI=1S/C12H11Cl2NO4S/c13-8-3-1-4-9(14)12(8)20(17,18)15-10(7-16)11-5-2-6-19-11/h1-6,10,15-16H,7H2. The van der Waals surface area contributed by atoms with Crippen LogP contribution in [0.1, 0.15) is 11.8 Å². The van der Waals surface area contributed by atoms with Crippen molar-refractivity contribution in [1.82, 2.24) is 4.72 Å². The van der Waals surface area contributed by atoms with Gasteiger partial charge in [-0.2, -0.15) is 4.72 Å². The molecule has 1 atom stereocenters. The Morgan fingerprint density at radius 3 is 2.35 bits per heavy atom. The van der Waals surface area contributed by atoms with Crippen LogP contribution < -0.4 is 4.72 Å². The molecule has 0 saturated heterocycles. The zero-order valence-electron chi connectivity index (χ0n) is 10.1. The largest absolute Gasteiger partial charge is 0.468 e. The Bertz CT molecular complexity index is 665. The maximum Gasteiger partial charge on any atom is 0.244 e.